The van der Waals surface area contributed by atoms with Crippen LogP contribution in [-0.4, -0.2) is 14.3 Å². The average Bonchev–Trinajstić information content (AvgIpc) is 2.34. The fraction of sp³-hybridized carbons (Fsp3) is 0. The lowest BCUT2D eigenvalue weighted by Gasteiger charge is -1.83. The summed E-state index contributed by atoms with van der Waals surface area (Å²) in [5.41, 5.74) is 6.24. The Balaban J connectivity index is 2.93. The van der Waals surface area contributed by atoms with Gasteiger partial charge >= 0.3 is 0 Å². The third-order valence-electron chi connectivity index (χ3n) is 1.16. The summed E-state index contributed by atoms with van der Waals surface area (Å²) < 4.78 is 4.84. The zero-order valence-electron chi connectivity index (χ0n) is 4.98. The monoisotopic (exact) mass is 152 g/mol. The lowest BCUT2D eigenvalue weighted by Crippen LogP contribution is -1.85. The van der Waals surface area contributed by atoms with E-state index in [0.717, 1.165) is 10.2 Å². The van der Waals surface area contributed by atoms with E-state index in [0.29, 0.717) is 5.82 Å². The van der Waals surface area contributed by atoms with E-state index in [1.54, 1.807) is 6.20 Å². The van der Waals surface area contributed by atoms with Gasteiger partial charge in [0.2, 0.25) is 0 Å². The van der Waals surface area contributed by atoms with Gasteiger partial charge in [-0.15, -0.1) is 0 Å². The molecule has 0 aromatic carbocycles. The average molecular weight is 152 g/mol. The van der Waals surface area contributed by atoms with Gasteiger partial charge in [0.1, 0.15) is 11.8 Å². The van der Waals surface area contributed by atoms with Crippen LogP contribution in [0.25, 0.3) is 10.2 Å². The molecular weight excluding hydrogens is 148 g/mol. The minimum Gasteiger partial charge on any atom is -0.381 e. The normalized spacial score (nSPS) is 10.4. The summed E-state index contributed by atoms with van der Waals surface area (Å²) in [6.45, 7) is 0. The number of hydrogen-bond donors (Lipinski definition) is 1. The standard InChI is InChI=1S/C5H4N4S/c6-5-4-3(10-9-5)1-7-2-8-4/h1-2H,(H2,6,9). The molecule has 0 amide bonds. The molecule has 0 radical (unpaired) electrons. The third kappa shape index (κ3) is 0.640. The van der Waals surface area contributed by atoms with E-state index >= 15 is 0 Å². The topological polar surface area (TPSA) is 64.7 Å². The molecular formula is C5H4N4S. The van der Waals surface area contributed by atoms with Gasteiger partial charge < -0.3 is 5.73 Å². The molecule has 5 heteroatoms. The molecule has 2 aromatic rings. The largest absolute Gasteiger partial charge is 0.381 e. The van der Waals surface area contributed by atoms with Crippen LogP contribution >= 0.6 is 11.5 Å². The van der Waals surface area contributed by atoms with Gasteiger partial charge in [-0.2, -0.15) is 4.37 Å². The van der Waals surface area contributed by atoms with E-state index in [4.69, 9.17) is 5.73 Å². The first-order chi connectivity index (χ1) is 4.88. The second-order valence-electron chi connectivity index (χ2n) is 1.80. The Morgan fingerprint density at radius 2 is 2.40 bits per heavy atom. The second kappa shape index (κ2) is 1.88. The van der Waals surface area contributed by atoms with Crippen LogP contribution in [0.3, 0.4) is 0 Å². The molecule has 0 aliphatic carbocycles. The Hall–Kier alpha value is -1.23. The maximum atomic E-state index is 5.49. The first-order valence-corrected chi connectivity index (χ1v) is 3.46. The van der Waals surface area contributed by atoms with Crippen LogP contribution in [0.2, 0.25) is 0 Å². The first-order valence-electron chi connectivity index (χ1n) is 2.69. The number of fused-ring (bicyclic) bond motifs is 1. The van der Waals surface area contributed by atoms with Crippen molar-refractivity contribution in [3.05, 3.63) is 12.5 Å². The molecule has 0 saturated carbocycles. The summed E-state index contributed by atoms with van der Waals surface area (Å²) in [7, 11) is 0. The lowest BCUT2D eigenvalue weighted by atomic mass is 10.5. The summed E-state index contributed by atoms with van der Waals surface area (Å²) in [4.78, 5) is 7.78. The molecule has 0 spiro atoms. The number of aromatic nitrogens is 3. The van der Waals surface area contributed by atoms with Crippen molar-refractivity contribution in [2.45, 2.75) is 0 Å². The van der Waals surface area contributed by atoms with Crippen molar-refractivity contribution >= 4 is 27.6 Å². The number of nitrogens with zero attached hydrogens (tertiary/aromatic N) is 3. The zero-order valence-corrected chi connectivity index (χ0v) is 5.80. The van der Waals surface area contributed by atoms with Crippen molar-refractivity contribution in [1.29, 1.82) is 0 Å². The molecule has 0 saturated heterocycles. The minimum absolute atomic E-state index is 0.488. The molecule has 0 unspecified atom stereocenters. The van der Waals surface area contributed by atoms with Crippen molar-refractivity contribution in [2.75, 3.05) is 5.73 Å². The highest BCUT2D eigenvalue weighted by molar-refractivity contribution is 7.13. The molecule has 2 heterocycles. The Labute approximate surface area is 60.9 Å². The smallest absolute Gasteiger partial charge is 0.163 e. The molecule has 2 aromatic heterocycles. The van der Waals surface area contributed by atoms with E-state index in [1.165, 1.54) is 17.9 Å². The quantitative estimate of drug-likeness (QED) is 0.602. The SMILES string of the molecule is Nc1nsc2cncnc12. The highest BCUT2D eigenvalue weighted by Gasteiger charge is 2.00. The van der Waals surface area contributed by atoms with Crippen LogP contribution in [0.1, 0.15) is 0 Å². The molecule has 4 nitrogen and oxygen atoms in total. The number of nitrogen functional groups attached to an aromatic ring is 1. The van der Waals surface area contributed by atoms with Crippen LogP contribution in [0.15, 0.2) is 12.5 Å². The van der Waals surface area contributed by atoms with E-state index in [-0.39, 0.29) is 0 Å². The minimum atomic E-state index is 0.488. The van der Waals surface area contributed by atoms with Gasteiger partial charge in [0, 0.05) is 6.20 Å². The van der Waals surface area contributed by atoms with Crippen LogP contribution in [0.5, 0.6) is 0 Å². The second-order valence-corrected chi connectivity index (χ2v) is 2.61. The van der Waals surface area contributed by atoms with Gasteiger partial charge in [-0.05, 0) is 11.5 Å². The summed E-state index contributed by atoms with van der Waals surface area (Å²) >= 11 is 1.31. The fourth-order valence-electron chi connectivity index (χ4n) is 0.718. The first kappa shape index (κ1) is 5.55. The van der Waals surface area contributed by atoms with Crippen molar-refractivity contribution in [3.63, 3.8) is 0 Å². The molecule has 0 atom stereocenters. The van der Waals surface area contributed by atoms with Crippen molar-refractivity contribution < 1.29 is 0 Å². The molecule has 2 N–H and O–H groups in total. The van der Waals surface area contributed by atoms with Gasteiger partial charge in [-0.1, -0.05) is 0 Å². The van der Waals surface area contributed by atoms with Crippen molar-refractivity contribution in [3.8, 4) is 0 Å². The predicted molar refractivity (Wildman–Crippen MR) is 39.6 cm³/mol. The summed E-state index contributed by atoms with van der Waals surface area (Å²) in [6, 6.07) is 0. The highest BCUT2D eigenvalue weighted by atomic mass is 32.1. The third-order valence-corrected chi connectivity index (χ3v) is 1.95. The van der Waals surface area contributed by atoms with E-state index in [2.05, 4.69) is 14.3 Å². The Morgan fingerprint density at radius 1 is 1.50 bits per heavy atom. The summed E-state index contributed by atoms with van der Waals surface area (Å²) in [5, 5.41) is 0. The Kier molecular flexibility index (Phi) is 1.04. The molecule has 0 fully saturated rings. The highest BCUT2D eigenvalue weighted by Crippen LogP contribution is 2.19. The predicted octanol–water partition coefficient (Wildman–Crippen LogP) is 0.668. The van der Waals surface area contributed by atoms with Gasteiger partial charge in [0.25, 0.3) is 0 Å². The maximum Gasteiger partial charge on any atom is 0.163 e. The molecule has 0 aliphatic heterocycles. The van der Waals surface area contributed by atoms with Gasteiger partial charge in [0.05, 0.1) is 4.70 Å². The maximum absolute atomic E-state index is 5.49. The number of hydrogen-bond acceptors (Lipinski definition) is 5. The molecule has 0 aliphatic rings. The van der Waals surface area contributed by atoms with Crippen LogP contribution in [0, 0.1) is 0 Å². The molecule has 10 heavy (non-hydrogen) atoms. The van der Waals surface area contributed by atoms with Gasteiger partial charge in [-0.3, -0.25) is 0 Å². The van der Waals surface area contributed by atoms with Gasteiger partial charge in [0.15, 0.2) is 5.82 Å². The number of anilines is 1. The van der Waals surface area contributed by atoms with Crippen molar-refractivity contribution in [2.24, 2.45) is 0 Å². The number of rotatable bonds is 0. The van der Waals surface area contributed by atoms with Crippen LogP contribution in [0.4, 0.5) is 5.82 Å². The van der Waals surface area contributed by atoms with E-state index < -0.39 is 0 Å². The van der Waals surface area contributed by atoms with Gasteiger partial charge in [-0.25, -0.2) is 9.97 Å². The molecule has 50 valence electrons. The lowest BCUT2D eigenvalue weighted by molar-refractivity contribution is 1.23. The Bertz CT molecular complexity index is 355. The van der Waals surface area contributed by atoms with Crippen LogP contribution in [-0.2, 0) is 0 Å². The number of nitrogens with two attached hydrogens (primary N) is 1. The van der Waals surface area contributed by atoms with Crippen LogP contribution < -0.4 is 5.73 Å². The fourth-order valence-corrected chi connectivity index (χ4v) is 1.35. The molecule has 0 bridgehead atoms. The van der Waals surface area contributed by atoms with E-state index in [9.17, 15) is 0 Å². The summed E-state index contributed by atoms with van der Waals surface area (Å²) in [6.07, 6.45) is 3.17. The van der Waals surface area contributed by atoms with Crippen molar-refractivity contribution in [1.82, 2.24) is 14.3 Å². The van der Waals surface area contributed by atoms with E-state index in [1.807, 2.05) is 0 Å². The Morgan fingerprint density at radius 3 is 3.20 bits per heavy atom. The zero-order chi connectivity index (χ0) is 6.97. The molecule has 2 rings (SSSR count). The summed E-state index contributed by atoms with van der Waals surface area (Å²) in [5.74, 6) is 0.488.